The Labute approximate surface area is 108 Å². The summed E-state index contributed by atoms with van der Waals surface area (Å²) in [6.45, 7) is 0.252. The maximum absolute atomic E-state index is 13.3. The first-order valence-electron chi connectivity index (χ1n) is 5.69. The highest BCUT2D eigenvalue weighted by Gasteiger charge is 2.09. The third kappa shape index (κ3) is 3.81. The second-order valence-corrected chi connectivity index (χ2v) is 3.95. The molecule has 0 aliphatic carbocycles. The molecule has 0 aromatic heterocycles. The van der Waals surface area contributed by atoms with E-state index in [1.54, 1.807) is 0 Å². The van der Waals surface area contributed by atoms with Gasteiger partial charge >= 0.3 is 0 Å². The van der Waals surface area contributed by atoms with Gasteiger partial charge in [-0.2, -0.15) is 5.48 Å². The van der Waals surface area contributed by atoms with Gasteiger partial charge in [0, 0.05) is 18.2 Å². The first kappa shape index (κ1) is 13.6. The van der Waals surface area contributed by atoms with Crippen LogP contribution in [0.25, 0.3) is 0 Å². The fraction of sp³-hybridized carbons (Fsp3) is 0.143. The number of rotatable bonds is 5. The Morgan fingerprint density at radius 1 is 0.895 bits per heavy atom. The molecule has 0 radical (unpaired) electrons. The third-order valence-corrected chi connectivity index (χ3v) is 2.54. The smallest absolute Gasteiger partial charge is 0.161 e. The molecule has 0 aliphatic heterocycles. The summed E-state index contributed by atoms with van der Waals surface area (Å²) in [5, 5.41) is 0. The lowest BCUT2D eigenvalue weighted by Crippen LogP contribution is -2.15. The summed E-state index contributed by atoms with van der Waals surface area (Å²) >= 11 is 0. The van der Waals surface area contributed by atoms with Crippen molar-refractivity contribution in [3.05, 3.63) is 71.0 Å². The van der Waals surface area contributed by atoms with Gasteiger partial charge < -0.3 is 0 Å². The Morgan fingerprint density at radius 2 is 1.58 bits per heavy atom. The highest BCUT2D eigenvalue weighted by molar-refractivity contribution is 5.19. The first-order valence-corrected chi connectivity index (χ1v) is 5.69. The van der Waals surface area contributed by atoms with Crippen molar-refractivity contribution < 1.29 is 18.0 Å². The van der Waals surface area contributed by atoms with Crippen LogP contribution in [0.1, 0.15) is 11.1 Å². The van der Waals surface area contributed by atoms with Crippen LogP contribution < -0.4 is 5.48 Å². The number of nitrogens with one attached hydrogen (secondary N) is 1. The molecule has 100 valence electrons. The van der Waals surface area contributed by atoms with E-state index in [-0.39, 0.29) is 12.1 Å². The van der Waals surface area contributed by atoms with Crippen molar-refractivity contribution in [1.29, 1.82) is 0 Å². The number of hydroxylamine groups is 1. The molecule has 0 atom stereocenters. The van der Waals surface area contributed by atoms with Gasteiger partial charge in [-0.25, -0.2) is 13.2 Å². The number of hydrogen-bond acceptors (Lipinski definition) is 2. The number of benzene rings is 2. The zero-order valence-corrected chi connectivity index (χ0v) is 10.00. The average molecular weight is 267 g/mol. The van der Waals surface area contributed by atoms with Crippen molar-refractivity contribution in [2.24, 2.45) is 0 Å². The SMILES string of the molecule is Fc1cc(F)c(CNOCc2ccccc2)cc1F. The second-order valence-electron chi connectivity index (χ2n) is 3.95. The van der Waals surface area contributed by atoms with E-state index in [0.717, 1.165) is 11.6 Å². The Balaban J connectivity index is 1.85. The molecule has 2 rings (SSSR count). The molecule has 0 aliphatic rings. The van der Waals surface area contributed by atoms with Gasteiger partial charge in [0.25, 0.3) is 0 Å². The average Bonchev–Trinajstić information content (AvgIpc) is 2.41. The van der Waals surface area contributed by atoms with Crippen molar-refractivity contribution in [2.45, 2.75) is 13.2 Å². The van der Waals surface area contributed by atoms with Gasteiger partial charge in [0.05, 0.1) is 6.61 Å². The van der Waals surface area contributed by atoms with E-state index in [1.165, 1.54) is 0 Å². The molecule has 19 heavy (non-hydrogen) atoms. The second kappa shape index (κ2) is 6.36. The molecule has 0 bridgehead atoms. The molecule has 0 unspecified atom stereocenters. The zero-order valence-electron chi connectivity index (χ0n) is 10.00. The highest BCUT2D eigenvalue weighted by Crippen LogP contribution is 2.13. The van der Waals surface area contributed by atoms with Crippen LogP contribution in [-0.2, 0) is 18.0 Å². The van der Waals surface area contributed by atoms with Crippen molar-refractivity contribution in [2.75, 3.05) is 0 Å². The maximum atomic E-state index is 13.3. The van der Waals surface area contributed by atoms with E-state index in [0.29, 0.717) is 12.7 Å². The summed E-state index contributed by atoms with van der Waals surface area (Å²) in [7, 11) is 0. The Kier molecular flexibility index (Phi) is 4.54. The van der Waals surface area contributed by atoms with Crippen molar-refractivity contribution in [3.63, 3.8) is 0 Å². The third-order valence-electron chi connectivity index (χ3n) is 2.54. The van der Waals surface area contributed by atoms with Crippen LogP contribution >= 0.6 is 0 Å². The molecule has 0 saturated carbocycles. The molecule has 2 aromatic rings. The van der Waals surface area contributed by atoms with Crippen molar-refractivity contribution in [3.8, 4) is 0 Å². The standard InChI is InChI=1S/C14H12F3NO/c15-12-7-14(17)13(16)6-11(12)8-18-19-9-10-4-2-1-3-5-10/h1-7,18H,8-9H2. The summed E-state index contributed by atoms with van der Waals surface area (Å²) in [6.07, 6.45) is 0. The molecule has 0 saturated heterocycles. The molecule has 0 spiro atoms. The van der Waals surface area contributed by atoms with Gasteiger partial charge in [0.1, 0.15) is 5.82 Å². The highest BCUT2D eigenvalue weighted by atomic mass is 19.2. The van der Waals surface area contributed by atoms with Crippen LogP contribution in [-0.4, -0.2) is 0 Å². The van der Waals surface area contributed by atoms with E-state index in [4.69, 9.17) is 4.84 Å². The Morgan fingerprint density at radius 3 is 2.32 bits per heavy atom. The molecule has 5 heteroatoms. The minimum atomic E-state index is -1.20. The van der Waals surface area contributed by atoms with Crippen LogP contribution in [0.2, 0.25) is 0 Å². The number of halogens is 3. The summed E-state index contributed by atoms with van der Waals surface area (Å²) in [5.74, 6) is -3.09. The summed E-state index contributed by atoms with van der Waals surface area (Å²) in [6, 6.07) is 10.7. The van der Waals surface area contributed by atoms with Crippen LogP contribution in [0.3, 0.4) is 0 Å². The predicted octanol–water partition coefficient (Wildman–Crippen LogP) is 3.33. The van der Waals surface area contributed by atoms with Gasteiger partial charge in [-0.3, -0.25) is 4.84 Å². The summed E-state index contributed by atoms with van der Waals surface area (Å²) in [4.78, 5) is 5.12. The molecule has 0 fully saturated rings. The molecular formula is C14H12F3NO. The monoisotopic (exact) mass is 267 g/mol. The molecule has 0 amide bonds. The topological polar surface area (TPSA) is 21.3 Å². The van der Waals surface area contributed by atoms with E-state index >= 15 is 0 Å². The van der Waals surface area contributed by atoms with E-state index in [2.05, 4.69) is 5.48 Å². The van der Waals surface area contributed by atoms with Crippen LogP contribution in [0.4, 0.5) is 13.2 Å². The van der Waals surface area contributed by atoms with Gasteiger partial charge in [0.15, 0.2) is 11.6 Å². The predicted molar refractivity (Wildman–Crippen MR) is 64.4 cm³/mol. The normalized spacial score (nSPS) is 10.7. The molecular weight excluding hydrogens is 255 g/mol. The Bertz CT molecular complexity index is 546. The lowest BCUT2D eigenvalue weighted by atomic mass is 10.2. The van der Waals surface area contributed by atoms with E-state index in [9.17, 15) is 13.2 Å². The lowest BCUT2D eigenvalue weighted by molar-refractivity contribution is 0.0229. The van der Waals surface area contributed by atoms with E-state index < -0.39 is 17.5 Å². The zero-order chi connectivity index (χ0) is 13.7. The molecule has 2 nitrogen and oxygen atoms in total. The molecule has 0 heterocycles. The van der Waals surface area contributed by atoms with Crippen LogP contribution in [0.15, 0.2) is 42.5 Å². The fourth-order valence-electron chi connectivity index (χ4n) is 1.54. The lowest BCUT2D eigenvalue weighted by Gasteiger charge is -2.07. The fourth-order valence-corrected chi connectivity index (χ4v) is 1.54. The Hall–Kier alpha value is -1.85. The summed E-state index contributed by atoms with van der Waals surface area (Å²) in [5.41, 5.74) is 3.46. The van der Waals surface area contributed by atoms with Crippen LogP contribution in [0.5, 0.6) is 0 Å². The summed E-state index contributed by atoms with van der Waals surface area (Å²) < 4.78 is 38.9. The quantitative estimate of drug-likeness (QED) is 0.509. The van der Waals surface area contributed by atoms with Crippen molar-refractivity contribution >= 4 is 0 Å². The van der Waals surface area contributed by atoms with Gasteiger partial charge in [0.2, 0.25) is 0 Å². The van der Waals surface area contributed by atoms with Gasteiger partial charge in [-0.1, -0.05) is 30.3 Å². The minimum absolute atomic E-state index is 0.00645. The number of hydrogen-bond donors (Lipinski definition) is 1. The minimum Gasteiger partial charge on any atom is -0.297 e. The largest absolute Gasteiger partial charge is 0.297 e. The maximum Gasteiger partial charge on any atom is 0.161 e. The van der Waals surface area contributed by atoms with Crippen molar-refractivity contribution in [1.82, 2.24) is 5.48 Å². The van der Waals surface area contributed by atoms with Gasteiger partial charge in [-0.05, 0) is 11.6 Å². The van der Waals surface area contributed by atoms with E-state index in [1.807, 2.05) is 30.3 Å². The molecule has 2 aromatic carbocycles. The van der Waals surface area contributed by atoms with Gasteiger partial charge in [-0.15, -0.1) is 0 Å². The van der Waals surface area contributed by atoms with Crippen LogP contribution in [0, 0.1) is 17.5 Å². The molecule has 1 N–H and O–H groups in total. The first-order chi connectivity index (χ1) is 9.16.